The highest BCUT2D eigenvalue weighted by molar-refractivity contribution is 8.12. The van der Waals surface area contributed by atoms with Gasteiger partial charge in [0.05, 0.1) is 5.69 Å². The van der Waals surface area contributed by atoms with Crippen molar-refractivity contribution in [2.75, 3.05) is 31.1 Å². The van der Waals surface area contributed by atoms with Crippen molar-refractivity contribution < 1.29 is 9.50 Å². The fourth-order valence-electron chi connectivity index (χ4n) is 2.64. The van der Waals surface area contributed by atoms with Gasteiger partial charge >= 0.3 is 0 Å². The first-order valence-electron chi connectivity index (χ1n) is 8.23. The molecule has 0 aromatic heterocycles. The van der Waals surface area contributed by atoms with E-state index in [1.165, 1.54) is 6.07 Å². The molecule has 0 amide bonds. The summed E-state index contributed by atoms with van der Waals surface area (Å²) < 4.78 is 16.1. The Morgan fingerprint density at radius 2 is 1.67 bits per heavy atom. The second-order valence-corrected chi connectivity index (χ2v) is 6.95. The summed E-state index contributed by atoms with van der Waals surface area (Å²) in [6, 6.07) is 14.2. The summed E-state index contributed by atoms with van der Waals surface area (Å²) in [5.74, 6) is 4.34. The number of phenols is 1. The smallest absolute Gasteiger partial charge is 0.146 e. The molecular formula is C19H25FN2OS. The molecule has 1 unspecified atom stereocenters. The van der Waals surface area contributed by atoms with Crippen LogP contribution in [0, 0.1) is 5.82 Å². The lowest BCUT2D eigenvalue weighted by Crippen LogP contribution is -2.44. The molecule has 1 heterocycles. The van der Waals surface area contributed by atoms with Gasteiger partial charge in [0, 0.05) is 31.1 Å². The summed E-state index contributed by atoms with van der Waals surface area (Å²) in [5, 5.41) is 9.59. The van der Waals surface area contributed by atoms with E-state index in [1.807, 2.05) is 38.1 Å². The number of benzene rings is 2. The van der Waals surface area contributed by atoms with E-state index in [9.17, 15) is 9.50 Å². The van der Waals surface area contributed by atoms with Crippen LogP contribution in [0.3, 0.4) is 0 Å². The highest BCUT2D eigenvalue weighted by Gasteiger charge is 2.21. The van der Waals surface area contributed by atoms with Crippen molar-refractivity contribution in [3.63, 3.8) is 0 Å². The Morgan fingerprint density at radius 3 is 2.29 bits per heavy atom. The Kier molecular flexibility index (Phi) is 6.82. The molecule has 0 radical (unpaired) electrons. The van der Waals surface area contributed by atoms with E-state index < -0.39 is 0 Å². The van der Waals surface area contributed by atoms with E-state index in [0.29, 0.717) is 5.69 Å². The third kappa shape index (κ3) is 4.36. The zero-order valence-electron chi connectivity index (χ0n) is 14.3. The van der Waals surface area contributed by atoms with Gasteiger partial charge in [-0.25, -0.2) is 8.70 Å². The van der Waals surface area contributed by atoms with Gasteiger partial charge in [-0.3, -0.25) is 0 Å². The van der Waals surface area contributed by atoms with Gasteiger partial charge in [0.2, 0.25) is 0 Å². The molecule has 0 spiro atoms. The largest absolute Gasteiger partial charge is 0.508 e. The Morgan fingerprint density at radius 1 is 1.00 bits per heavy atom. The van der Waals surface area contributed by atoms with Gasteiger partial charge in [-0.15, -0.1) is 0 Å². The monoisotopic (exact) mass is 348 g/mol. The van der Waals surface area contributed by atoms with Crippen LogP contribution in [0.15, 0.2) is 53.4 Å². The molecule has 1 N–H and O–H groups in total. The Bertz CT molecular complexity index is 685. The quantitative estimate of drug-likeness (QED) is 0.835. The minimum atomic E-state index is -0.304. The molecule has 2 aromatic rings. The Labute approximate surface area is 146 Å². The van der Waals surface area contributed by atoms with E-state index >= 15 is 0 Å². The van der Waals surface area contributed by atoms with Crippen molar-refractivity contribution in [2.24, 2.45) is 0 Å². The van der Waals surface area contributed by atoms with E-state index in [1.54, 1.807) is 18.2 Å². The number of halogens is 1. The van der Waals surface area contributed by atoms with Crippen LogP contribution in [0.25, 0.3) is 0 Å². The molecule has 5 heteroatoms. The minimum absolute atomic E-state index is 0.169. The van der Waals surface area contributed by atoms with Crippen molar-refractivity contribution in [3.05, 3.63) is 54.3 Å². The fourth-order valence-corrected chi connectivity index (χ4v) is 4.03. The molecule has 1 aliphatic heterocycles. The average molecular weight is 348 g/mol. The molecule has 1 fully saturated rings. The first-order chi connectivity index (χ1) is 11.6. The van der Waals surface area contributed by atoms with Gasteiger partial charge in [0.25, 0.3) is 0 Å². The molecule has 130 valence electrons. The Balaban J connectivity index is 0.00000100. The fraction of sp³-hybridized carbons (Fsp3) is 0.316. The van der Waals surface area contributed by atoms with Crippen LogP contribution in [0.4, 0.5) is 10.1 Å². The van der Waals surface area contributed by atoms with E-state index in [4.69, 9.17) is 0 Å². The molecule has 2 aromatic carbocycles. The molecular weight excluding hydrogens is 323 g/mol. The van der Waals surface area contributed by atoms with E-state index in [0.717, 1.165) is 31.1 Å². The second-order valence-electron chi connectivity index (χ2n) is 5.23. The van der Waals surface area contributed by atoms with E-state index in [-0.39, 0.29) is 22.2 Å². The number of phenolic OH excluding ortho intramolecular Hbond substituents is 1. The lowest BCUT2D eigenvalue weighted by molar-refractivity contribution is 0.425. The van der Waals surface area contributed by atoms with Crippen LogP contribution in [0.2, 0.25) is 0 Å². The summed E-state index contributed by atoms with van der Waals surface area (Å²) in [4.78, 5) is 3.10. The normalized spacial score (nSPS) is 16.2. The molecule has 24 heavy (non-hydrogen) atoms. The third-order valence-electron chi connectivity index (χ3n) is 3.83. The maximum atomic E-state index is 13.8. The average Bonchev–Trinajstić information content (AvgIpc) is 2.63. The van der Waals surface area contributed by atoms with Crippen molar-refractivity contribution >= 4 is 22.2 Å². The van der Waals surface area contributed by atoms with Crippen LogP contribution in [-0.2, 0) is 0 Å². The van der Waals surface area contributed by atoms with Gasteiger partial charge < -0.3 is 10.0 Å². The second kappa shape index (κ2) is 8.85. The lowest BCUT2D eigenvalue weighted by atomic mass is 10.2. The van der Waals surface area contributed by atoms with Crippen LogP contribution >= 0.6 is 10.7 Å². The van der Waals surface area contributed by atoms with Crippen molar-refractivity contribution in [1.29, 1.82) is 0 Å². The molecule has 3 rings (SSSR count). The van der Waals surface area contributed by atoms with Gasteiger partial charge in [-0.05, 0) is 30.3 Å². The topological polar surface area (TPSA) is 26.7 Å². The van der Waals surface area contributed by atoms with Gasteiger partial charge in [-0.2, -0.15) is 0 Å². The SMILES string of the molecule is C=S(c1cccc(O)c1)N1CCN(c2ccccc2F)CC1.CC. The summed E-state index contributed by atoms with van der Waals surface area (Å²) in [6.45, 7) is 7.21. The van der Waals surface area contributed by atoms with Crippen LogP contribution in [0.1, 0.15) is 13.8 Å². The van der Waals surface area contributed by atoms with Crippen LogP contribution < -0.4 is 4.90 Å². The predicted molar refractivity (Wildman–Crippen MR) is 103 cm³/mol. The first kappa shape index (κ1) is 18.5. The summed E-state index contributed by atoms with van der Waals surface area (Å²) in [5.41, 5.74) is 0.670. The number of hydrogen-bond acceptors (Lipinski definition) is 3. The van der Waals surface area contributed by atoms with Crippen molar-refractivity contribution in [3.8, 4) is 5.75 Å². The zero-order valence-corrected chi connectivity index (χ0v) is 15.1. The minimum Gasteiger partial charge on any atom is -0.508 e. The number of aromatic hydroxyl groups is 1. The summed E-state index contributed by atoms with van der Waals surface area (Å²) in [6.07, 6.45) is 0. The number of piperazine rings is 1. The molecule has 1 saturated heterocycles. The van der Waals surface area contributed by atoms with Crippen LogP contribution in [-0.4, -0.2) is 41.5 Å². The number of nitrogens with zero attached hydrogens (tertiary/aromatic N) is 2. The maximum absolute atomic E-state index is 13.8. The Hall–Kier alpha value is -1.85. The number of hydrogen-bond donors (Lipinski definition) is 1. The standard InChI is InChI=1S/C17H19FN2OS.C2H6/c1-22(15-6-4-5-14(21)13-15)20-11-9-19(10-12-20)17-8-3-2-7-16(17)18;1-2/h2-8,13,21H,1,9-12H2;1-2H3. The molecule has 3 nitrogen and oxygen atoms in total. The van der Waals surface area contributed by atoms with E-state index in [2.05, 4.69) is 15.1 Å². The first-order valence-corrected chi connectivity index (χ1v) is 9.58. The van der Waals surface area contributed by atoms with Gasteiger partial charge in [-0.1, -0.05) is 48.6 Å². The van der Waals surface area contributed by atoms with Crippen molar-refractivity contribution in [2.45, 2.75) is 18.7 Å². The lowest BCUT2D eigenvalue weighted by Gasteiger charge is -2.37. The van der Waals surface area contributed by atoms with Gasteiger partial charge in [0.15, 0.2) is 0 Å². The zero-order chi connectivity index (χ0) is 17.5. The molecule has 0 aliphatic carbocycles. The number of rotatable bonds is 3. The third-order valence-corrected chi connectivity index (χ3v) is 5.62. The molecule has 1 aliphatic rings. The van der Waals surface area contributed by atoms with Crippen LogP contribution in [0.5, 0.6) is 5.75 Å². The highest BCUT2D eigenvalue weighted by atomic mass is 32.2. The maximum Gasteiger partial charge on any atom is 0.146 e. The molecule has 0 saturated carbocycles. The highest BCUT2D eigenvalue weighted by Crippen LogP contribution is 2.32. The summed E-state index contributed by atoms with van der Waals surface area (Å²) in [7, 11) is -0.304. The number of anilines is 1. The molecule has 1 atom stereocenters. The number of para-hydroxylation sites is 1. The van der Waals surface area contributed by atoms with Crippen molar-refractivity contribution in [1.82, 2.24) is 4.31 Å². The van der Waals surface area contributed by atoms with Gasteiger partial charge in [0.1, 0.15) is 11.6 Å². The summed E-state index contributed by atoms with van der Waals surface area (Å²) >= 11 is 0. The molecule has 0 bridgehead atoms. The predicted octanol–water partition coefficient (Wildman–Crippen LogP) is 4.35.